The number of amides is 1. The molecule has 2 heterocycles. The minimum atomic E-state index is -0.159. The number of ether oxygens (including phenoxy) is 1. The van der Waals surface area contributed by atoms with Gasteiger partial charge in [-0.15, -0.1) is 0 Å². The Morgan fingerprint density at radius 1 is 1.22 bits per heavy atom. The van der Waals surface area contributed by atoms with Gasteiger partial charge in [0, 0.05) is 6.04 Å². The van der Waals surface area contributed by atoms with Gasteiger partial charge in [-0.3, -0.25) is 4.90 Å². The fourth-order valence-electron chi connectivity index (χ4n) is 3.66. The van der Waals surface area contributed by atoms with Gasteiger partial charge in [0.25, 0.3) is 0 Å². The molecule has 0 aliphatic carbocycles. The van der Waals surface area contributed by atoms with Crippen LogP contribution in [0.4, 0.5) is 4.79 Å². The van der Waals surface area contributed by atoms with Crippen molar-refractivity contribution in [2.75, 3.05) is 0 Å². The van der Waals surface area contributed by atoms with Crippen LogP contribution in [-0.2, 0) is 11.3 Å². The van der Waals surface area contributed by atoms with Gasteiger partial charge in [-0.05, 0) is 36.7 Å². The molecule has 1 amide bonds. The zero-order valence-corrected chi connectivity index (χ0v) is 14.4. The maximum Gasteiger partial charge on any atom is 0.410 e. The van der Waals surface area contributed by atoms with Gasteiger partial charge in [0.05, 0.1) is 6.04 Å². The first-order valence-electron chi connectivity index (χ1n) is 8.65. The monoisotopic (exact) mass is 313 g/mol. The van der Waals surface area contributed by atoms with Gasteiger partial charge in [0.1, 0.15) is 6.61 Å². The fraction of sp³-hybridized carbons (Fsp3) is 0.550. The molecule has 1 saturated heterocycles. The Morgan fingerprint density at radius 3 is 2.61 bits per heavy atom. The highest BCUT2D eigenvalue weighted by atomic mass is 16.6. The second-order valence-electron chi connectivity index (χ2n) is 7.75. The summed E-state index contributed by atoms with van der Waals surface area (Å²) in [6.07, 6.45) is 6.49. The standard InChI is InChI=1S/C20H27NO2/c1-20(2,3)16-12-17-10-7-11-18(13-16)21(17)19(22)23-14-15-8-5-4-6-9-15/h4-6,8-9,12,17-18H,7,10-11,13-14H2,1-3H3. The van der Waals surface area contributed by atoms with Crippen molar-refractivity contribution in [1.29, 1.82) is 0 Å². The lowest BCUT2D eigenvalue weighted by Gasteiger charge is -2.46. The molecular formula is C20H27NO2. The first-order chi connectivity index (χ1) is 10.9. The van der Waals surface area contributed by atoms with E-state index in [2.05, 4.69) is 26.8 Å². The lowest BCUT2D eigenvalue weighted by atomic mass is 9.75. The SMILES string of the molecule is CC(C)(C)C1=CC2CCCC(C1)N2C(=O)OCc1ccccc1. The number of benzene rings is 1. The first kappa shape index (κ1) is 16.1. The number of carbonyl (C=O) groups is 1. The molecule has 1 aromatic rings. The average molecular weight is 313 g/mol. The molecule has 2 atom stereocenters. The van der Waals surface area contributed by atoms with Gasteiger partial charge in [0.15, 0.2) is 0 Å². The maximum absolute atomic E-state index is 12.6. The number of fused-ring (bicyclic) bond motifs is 2. The molecule has 3 heteroatoms. The zero-order chi connectivity index (χ0) is 16.4. The van der Waals surface area contributed by atoms with E-state index in [-0.39, 0.29) is 17.6 Å². The van der Waals surface area contributed by atoms with E-state index in [1.54, 1.807) is 0 Å². The summed E-state index contributed by atoms with van der Waals surface area (Å²) in [7, 11) is 0. The van der Waals surface area contributed by atoms with Crippen molar-refractivity contribution in [2.45, 2.75) is 65.1 Å². The molecule has 23 heavy (non-hydrogen) atoms. The molecule has 2 aliphatic heterocycles. The smallest absolute Gasteiger partial charge is 0.410 e. The lowest BCUT2D eigenvalue weighted by molar-refractivity contribution is 0.0460. The summed E-state index contributed by atoms with van der Waals surface area (Å²) in [5.74, 6) is 0. The van der Waals surface area contributed by atoms with E-state index >= 15 is 0 Å². The van der Waals surface area contributed by atoms with Crippen molar-refractivity contribution in [3.05, 3.63) is 47.5 Å². The summed E-state index contributed by atoms with van der Waals surface area (Å²) in [6.45, 7) is 7.14. The molecule has 3 nitrogen and oxygen atoms in total. The first-order valence-corrected chi connectivity index (χ1v) is 8.65. The number of carbonyl (C=O) groups excluding carboxylic acids is 1. The summed E-state index contributed by atoms with van der Waals surface area (Å²) in [4.78, 5) is 14.6. The molecule has 0 radical (unpaired) electrons. The minimum Gasteiger partial charge on any atom is -0.445 e. The number of hydrogen-bond acceptors (Lipinski definition) is 2. The van der Waals surface area contributed by atoms with Crippen LogP contribution in [0.5, 0.6) is 0 Å². The van der Waals surface area contributed by atoms with E-state index in [0.29, 0.717) is 12.6 Å². The van der Waals surface area contributed by atoms with Gasteiger partial charge in [-0.1, -0.05) is 62.8 Å². The van der Waals surface area contributed by atoms with E-state index < -0.39 is 0 Å². The third-order valence-electron chi connectivity index (χ3n) is 5.02. The van der Waals surface area contributed by atoms with Crippen LogP contribution in [-0.4, -0.2) is 23.1 Å². The van der Waals surface area contributed by atoms with Gasteiger partial charge < -0.3 is 4.74 Å². The summed E-state index contributed by atoms with van der Waals surface area (Å²) >= 11 is 0. The average Bonchev–Trinajstić information content (AvgIpc) is 2.51. The highest BCUT2D eigenvalue weighted by Gasteiger charge is 2.39. The molecule has 1 aromatic carbocycles. The number of rotatable bonds is 2. The topological polar surface area (TPSA) is 29.5 Å². The van der Waals surface area contributed by atoms with Crippen LogP contribution in [0.3, 0.4) is 0 Å². The van der Waals surface area contributed by atoms with Gasteiger partial charge in [0.2, 0.25) is 0 Å². The molecule has 1 fully saturated rings. The van der Waals surface area contributed by atoms with Crippen molar-refractivity contribution in [3.63, 3.8) is 0 Å². The quantitative estimate of drug-likeness (QED) is 0.725. The van der Waals surface area contributed by atoms with Crippen molar-refractivity contribution >= 4 is 6.09 Å². The van der Waals surface area contributed by atoms with Crippen molar-refractivity contribution in [1.82, 2.24) is 4.90 Å². The molecule has 2 aliphatic rings. The molecule has 124 valence electrons. The molecule has 2 unspecified atom stereocenters. The summed E-state index contributed by atoms with van der Waals surface area (Å²) < 4.78 is 5.58. The Balaban J connectivity index is 1.70. The van der Waals surface area contributed by atoms with Gasteiger partial charge in [-0.2, -0.15) is 0 Å². The van der Waals surface area contributed by atoms with E-state index in [1.165, 1.54) is 12.0 Å². The Morgan fingerprint density at radius 2 is 1.96 bits per heavy atom. The Kier molecular flexibility index (Phi) is 4.47. The van der Waals surface area contributed by atoms with Crippen LogP contribution in [0.25, 0.3) is 0 Å². The van der Waals surface area contributed by atoms with Crippen LogP contribution in [0.15, 0.2) is 42.0 Å². The minimum absolute atomic E-state index is 0.159. The fourth-order valence-corrected chi connectivity index (χ4v) is 3.66. The summed E-state index contributed by atoms with van der Waals surface area (Å²) in [5.41, 5.74) is 2.71. The van der Waals surface area contributed by atoms with Crippen LogP contribution < -0.4 is 0 Å². The highest BCUT2D eigenvalue weighted by Crippen LogP contribution is 2.40. The number of piperidine rings is 1. The van der Waals surface area contributed by atoms with Gasteiger partial charge in [-0.25, -0.2) is 4.79 Å². The van der Waals surface area contributed by atoms with Crippen LogP contribution in [0.1, 0.15) is 52.0 Å². The third-order valence-corrected chi connectivity index (χ3v) is 5.02. The van der Waals surface area contributed by atoms with E-state index in [9.17, 15) is 4.79 Å². The normalized spacial score (nSPS) is 24.1. The van der Waals surface area contributed by atoms with E-state index in [4.69, 9.17) is 4.74 Å². The summed E-state index contributed by atoms with van der Waals surface area (Å²) in [6, 6.07) is 10.4. The zero-order valence-electron chi connectivity index (χ0n) is 14.4. The van der Waals surface area contributed by atoms with Crippen molar-refractivity contribution in [2.24, 2.45) is 5.41 Å². The van der Waals surface area contributed by atoms with Crippen LogP contribution >= 0.6 is 0 Å². The second kappa shape index (κ2) is 6.38. The Bertz CT molecular complexity index is 585. The van der Waals surface area contributed by atoms with Crippen LogP contribution in [0, 0.1) is 5.41 Å². The Labute approximate surface area is 139 Å². The maximum atomic E-state index is 12.6. The van der Waals surface area contributed by atoms with E-state index in [1.807, 2.05) is 35.2 Å². The molecule has 0 saturated carbocycles. The molecule has 0 N–H and O–H groups in total. The molecule has 0 spiro atoms. The highest BCUT2D eigenvalue weighted by molar-refractivity contribution is 5.69. The van der Waals surface area contributed by atoms with Gasteiger partial charge >= 0.3 is 6.09 Å². The van der Waals surface area contributed by atoms with Crippen molar-refractivity contribution < 1.29 is 9.53 Å². The third kappa shape index (κ3) is 3.60. The van der Waals surface area contributed by atoms with Crippen LogP contribution in [0.2, 0.25) is 0 Å². The second-order valence-corrected chi connectivity index (χ2v) is 7.75. The predicted molar refractivity (Wildman–Crippen MR) is 92.0 cm³/mol. The lowest BCUT2D eigenvalue weighted by Crippen LogP contribution is -2.52. The molecule has 2 bridgehead atoms. The van der Waals surface area contributed by atoms with Crippen molar-refractivity contribution in [3.8, 4) is 0 Å². The molecule has 3 rings (SSSR count). The summed E-state index contributed by atoms with van der Waals surface area (Å²) in [5, 5.41) is 0. The predicted octanol–water partition coefficient (Wildman–Crippen LogP) is 4.92. The molecular weight excluding hydrogens is 286 g/mol. The number of hydrogen-bond donors (Lipinski definition) is 0. The Hall–Kier alpha value is -1.77. The number of nitrogens with zero attached hydrogens (tertiary/aromatic N) is 1. The molecule has 0 aromatic heterocycles. The van der Waals surface area contributed by atoms with E-state index in [0.717, 1.165) is 24.8 Å². The largest absolute Gasteiger partial charge is 0.445 e.